The lowest BCUT2D eigenvalue weighted by Gasteiger charge is -2.11. The van der Waals surface area contributed by atoms with E-state index in [-0.39, 0.29) is 0 Å². The molecule has 3 rings (SSSR count). The van der Waals surface area contributed by atoms with Crippen LogP contribution in [0.2, 0.25) is 0 Å². The highest BCUT2D eigenvalue weighted by atomic mass is 32.1. The van der Waals surface area contributed by atoms with Gasteiger partial charge in [-0.25, -0.2) is 4.98 Å². The van der Waals surface area contributed by atoms with Crippen LogP contribution in [0.25, 0.3) is 10.9 Å². The summed E-state index contributed by atoms with van der Waals surface area (Å²) in [7, 11) is 0. The van der Waals surface area contributed by atoms with Gasteiger partial charge in [-0.2, -0.15) is 0 Å². The number of nitrogens with one attached hydrogen (secondary N) is 3. The molecule has 27 heavy (non-hydrogen) atoms. The number of aliphatic imine (C=N–C) groups is 1. The lowest BCUT2D eigenvalue weighted by molar-refractivity contribution is 0.775. The summed E-state index contributed by atoms with van der Waals surface area (Å²) in [4.78, 5) is 12.6. The molecule has 1 aromatic carbocycles. The summed E-state index contributed by atoms with van der Waals surface area (Å²) in [6.45, 7) is 8.79. The fourth-order valence-electron chi connectivity index (χ4n) is 3.10. The Hall–Kier alpha value is -2.34. The predicted octanol–water partition coefficient (Wildman–Crippen LogP) is 3.97. The summed E-state index contributed by atoms with van der Waals surface area (Å²) >= 11 is 1.74. The number of guanidine groups is 1. The molecule has 0 unspecified atom stereocenters. The van der Waals surface area contributed by atoms with Crippen molar-refractivity contribution in [2.75, 3.05) is 19.6 Å². The second-order valence-electron chi connectivity index (χ2n) is 6.79. The first kappa shape index (κ1) is 19.4. The van der Waals surface area contributed by atoms with Crippen molar-refractivity contribution < 1.29 is 0 Å². The molecule has 0 aliphatic carbocycles. The number of benzene rings is 1. The summed E-state index contributed by atoms with van der Waals surface area (Å²) < 4.78 is 0. The Morgan fingerprint density at radius 2 is 2.11 bits per heavy atom. The third-order valence-electron chi connectivity index (χ3n) is 4.44. The molecule has 0 atom stereocenters. The molecule has 0 bridgehead atoms. The van der Waals surface area contributed by atoms with Gasteiger partial charge in [-0.1, -0.05) is 12.1 Å². The number of aromatic nitrogens is 2. The summed E-state index contributed by atoms with van der Waals surface area (Å²) in [5, 5.41) is 11.4. The molecule has 5 nitrogen and oxygen atoms in total. The minimum Gasteiger partial charge on any atom is -0.361 e. The van der Waals surface area contributed by atoms with Gasteiger partial charge in [0.2, 0.25) is 0 Å². The highest BCUT2D eigenvalue weighted by molar-refractivity contribution is 7.09. The van der Waals surface area contributed by atoms with Gasteiger partial charge in [0, 0.05) is 54.2 Å². The van der Waals surface area contributed by atoms with Gasteiger partial charge >= 0.3 is 0 Å². The van der Waals surface area contributed by atoms with Gasteiger partial charge in [-0.15, -0.1) is 11.3 Å². The minimum absolute atomic E-state index is 0.806. The quantitative estimate of drug-likeness (QED) is 0.313. The molecule has 0 aliphatic heterocycles. The van der Waals surface area contributed by atoms with Crippen LogP contribution in [0, 0.1) is 13.8 Å². The van der Waals surface area contributed by atoms with Crippen molar-refractivity contribution in [3.05, 3.63) is 51.6 Å². The van der Waals surface area contributed by atoms with E-state index >= 15 is 0 Å². The molecule has 0 amide bonds. The van der Waals surface area contributed by atoms with E-state index < -0.39 is 0 Å². The number of hydrogen-bond acceptors (Lipinski definition) is 3. The highest BCUT2D eigenvalue weighted by Crippen LogP contribution is 2.19. The number of hydrogen-bond donors (Lipinski definition) is 3. The zero-order valence-electron chi connectivity index (χ0n) is 16.4. The first-order valence-corrected chi connectivity index (χ1v) is 10.5. The van der Waals surface area contributed by atoms with Crippen LogP contribution in [0.4, 0.5) is 0 Å². The number of aryl methyl sites for hydroxylation is 3. The van der Waals surface area contributed by atoms with Gasteiger partial charge in [0.15, 0.2) is 5.96 Å². The molecule has 6 heteroatoms. The van der Waals surface area contributed by atoms with Gasteiger partial charge in [0.05, 0.1) is 5.01 Å². The summed E-state index contributed by atoms with van der Waals surface area (Å²) in [5.41, 5.74) is 4.94. The normalized spacial score (nSPS) is 11.9. The zero-order chi connectivity index (χ0) is 19.1. The number of nitrogens with zero attached hydrogens (tertiary/aromatic N) is 2. The summed E-state index contributed by atoms with van der Waals surface area (Å²) in [6.07, 6.45) is 5.10. The van der Waals surface area contributed by atoms with Crippen molar-refractivity contribution in [1.29, 1.82) is 0 Å². The van der Waals surface area contributed by atoms with Crippen LogP contribution < -0.4 is 10.6 Å². The van der Waals surface area contributed by atoms with Crippen LogP contribution in [0.15, 0.2) is 34.8 Å². The molecule has 0 spiro atoms. The molecule has 0 radical (unpaired) electrons. The lowest BCUT2D eigenvalue weighted by atomic mass is 10.1. The predicted molar refractivity (Wildman–Crippen MR) is 116 cm³/mol. The van der Waals surface area contributed by atoms with Crippen LogP contribution in [0.1, 0.15) is 35.2 Å². The summed E-state index contributed by atoms with van der Waals surface area (Å²) in [5.74, 6) is 0.892. The topological polar surface area (TPSA) is 65.1 Å². The number of fused-ring (bicyclic) bond motifs is 1. The number of aromatic amines is 1. The van der Waals surface area contributed by atoms with Crippen LogP contribution >= 0.6 is 11.3 Å². The van der Waals surface area contributed by atoms with Crippen molar-refractivity contribution in [3.63, 3.8) is 0 Å². The largest absolute Gasteiger partial charge is 0.361 e. The van der Waals surface area contributed by atoms with Crippen LogP contribution in [0.5, 0.6) is 0 Å². The van der Waals surface area contributed by atoms with Gasteiger partial charge in [0.1, 0.15) is 0 Å². The Bertz CT molecular complexity index is 893. The molecule has 0 aliphatic rings. The van der Waals surface area contributed by atoms with Crippen LogP contribution in [-0.2, 0) is 12.8 Å². The Morgan fingerprint density at radius 3 is 2.89 bits per heavy atom. The van der Waals surface area contributed by atoms with E-state index in [4.69, 9.17) is 4.99 Å². The van der Waals surface area contributed by atoms with E-state index in [2.05, 4.69) is 64.2 Å². The first-order chi connectivity index (χ1) is 13.2. The van der Waals surface area contributed by atoms with Gasteiger partial charge in [0.25, 0.3) is 0 Å². The van der Waals surface area contributed by atoms with Crippen LogP contribution in [-0.4, -0.2) is 35.6 Å². The van der Waals surface area contributed by atoms with E-state index in [0.717, 1.165) is 50.6 Å². The van der Waals surface area contributed by atoms with Crippen molar-refractivity contribution in [1.82, 2.24) is 20.6 Å². The SMILES string of the molecule is CCNC(=NCCCc1nc(C)cs1)NCCc1c[nH]c2cc(C)ccc12. The third kappa shape index (κ3) is 5.57. The van der Waals surface area contributed by atoms with E-state index in [0.29, 0.717) is 0 Å². The van der Waals surface area contributed by atoms with Crippen LogP contribution in [0.3, 0.4) is 0 Å². The van der Waals surface area contributed by atoms with Crippen molar-refractivity contribution in [3.8, 4) is 0 Å². The molecule has 0 saturated heterocycles. The van der Waals surface area contributed by atoms with E-state index in [9.17, 15) is 0 Å². The smallest absolute Gasteiger partial charge is 0.191 e. The van der Waals surface area contributed by atoms with Crippen molar-refractivity contribution in [2.45, 2.75) is 40.0 Å². The standard InChI is InChI=1S/C21H29N5S/c1-4-22-21(23-10-5-6-20-26-16(3)14-27-20)24-11-9-17-13-25-19-12-15(2)7-8-18(17)19/h7-8,12-14,25H,4-6,9-11H2,1-3H3,(H2,22,23,24). The maximum absolute atomic E-state index is 4.69. The fourth-order valence-corrected chi connectivity index (χ4v) is 3.92. The van der Waals surface area contributed by atoms with Gasteiger partial charge in [-0.05, 0) is 50.8 Å². The molecular formula is C21H29N5S. The van der Waals surface area contributed by atoms with Crippen molar-refractivity contribution in [2.24, 2.45) is 4.99 Å². The second kappa shape index (κ2) is 9.55. The molecule has 2 aromatic heterocycles. The molecular weight excluding hydrogens is 354 g/mol. The molecule has 144 valence electrons. The Kier molecular flexibility index (Phi) is 6.87. The Balaban J connectivity index is 1.48. The lowest BCUT2D eigenvalue weighted by Crippen LogP contribution is -2.38. The number of rotatable bonds is 8. The monoisotopic (exact) mass is 383 g/mol. The molecule has 3 aromatic rings. The maximum Gasteiger partial charge on any atom is 0.191 e. The molecule has 0 fully saturated rings. The van der Waals surface area contributed by atoms with E-state index in [1.165, 1.54) is 27.0 Å². The third-order valence-corrected chi connectivity index (χ3v) is 5.47. The second-order valence-corrected chi connectivity index (χ2v) is 7.73. The first-order valence-electron chi connectivity index (χ1n) is 9.65. The Morgan fingerprint density at radius 1 is 1.22 bits per heavy atom. The summed E-state index contributed by atoms with van der Waals surface area (Å²) in [6, 6.07) is 6.57. The fraction of sp³-hybridized carbons (Fsp3) is 0.429. The average Bonchev–Trinajstić information content (AvgIpc) is 3.24. The van der Waals surface area contributed by atoms with E-state index in [1.807, 2.05) is 6.92 Å². The van der Waals surface area contributed by atoms with Gasteiger partial charge in [-0.3, -0.25) is 4.99 Å². The minimum atomic E-state index is 0.806. The molecule has 0 saturated carbocycles. The number of H-pyrrole nitrogens is 1. The average molecular weight is 384 g/mol. The van der Waals surface area contributed by atoms with Crippen molar-refractivity contribution >= 4 is 28.2 Å². The highest BCUT2D eigenvalue weighted by Gasteiger charge is 2.04. The molecule has 3 N–H and O–H groups in total. The number of thiazole rings is 1. The maximum atomic E-state index is 4.69. The van der Waals surface area contributed by atoms with E-state index in [1.54, 1.807) is 11.3 Å². The Labute approximate surface area is 165 Å². The van der Waals surface area contributed by atoms with Gasteiger partial charge < -0.3 is 15.6 Å². The molecule has 2 heterocycles. The zero-order valence-corrected chi connectivity index (χ0v) is 17.2.